The molecule has 3 N–H and O–H groups in total. The molecule has 0 atom stereocenters. The Balaban J connectivity index is 2.07. The highest BCUT2D eigenvalue weighted by Gasteiger charge is 2.13. The first-order chi connectivity index (χ1) is 9.49. The van der Waals surface area contributed by atoms with Crippen molar-refractivity contribution in [3.05, 3.63) is 35.4 Å². The van der Waals surface area contributed by atoms with Gasteiger partial charge < -0.3 is 10.8 Å². The van der Waals surface area contributed by atoms with Crippen molar-refractivity contribution in [1.29, 1.82) is 0 Å². The molecule has 6 nitrogen and oxygen atoms in total. The third kappa shape index (κ3) is 3.11. The number of hydrogen-bond acceptors (Lipinski definition) is 5. The minimum absolute atomic E-state index is 0.196. The van der Waals surface area contributed by atoms with Crippen LogP contribution in [0.5, 0.6) is 0 Å². The molecular formula is C13H16N4O2S. The molecule has 2 rings (SSSR count). The number of hydrogen-bond donors (Lipinski definition) is 2. The zero-order valence-electron chi connectivity index (χ0n) is 11.3. The summed E-state index contributed by atoms with van der Waals surface area (Å²) in [6.45, 7) is 4.04. The van der Waals surface area contributed by atoms with E-state index < -0.39 is 5.97 Å². The van der Waals surface area contributed by atoms with Gasteiger partial charge in [0.1, 0.15) is 0 Å². The van der Waals surface area contributed by atoms with Crippen molar-refractivity contribution in [2.75, 3.05) is 5.73 Å². The summed E-state index contributed by atoms with van der Waals surface area (Å²) in [7, 11) is 0. The highest BCUT2D eigenvalue weighted by Crippen LogP contribution is 2.25. The van der Waals surface area contributed by atoms with Crippen LogP contribution in [0.15, 0.2) is 29.4 Å². The second-order valence-corrected chi connectivity index (χ2v) is 5.54. The molecule has 0 aliphatic rings. The minimum Gasteiger partial charge on any atom is -0.478 e. The van der Waals surface area contributed by atoms with Crippen LogP contribution in [0.2, 0.25) is 0 Å². The molecular weight excluding hydrogens is 276 g/mol. The monoisotopic (exact) mass is 292 g/mol. The first-order valence-electron chi connectivity index (χ1n) is 6.14. The van der Waals surface area contributed by atoms with E-state index in [0.29, 0.717) is 11.7 Å². The molecule has 106 valence electrons. The SMILES string of the molecule is CC(C)n1c(N)nnc1SCc1ccc(C(=O)O)cc1. The Morgan fingerprint density at radius 2 is 2.00 bits per heavy atom. The Kier molecular flexibility index (Phi) is 4.29. The summed E-state index contributed by atoms with van der Waals surface area (Å²) in [5.74, 6) is 0.172. The molecule has 0 aliphatic heterocycles. The summed E-state index contributed by atoms with van der Waals surface area (Å²) < 4.78 is 1.87. The molecule has 7 heteroatoms. The first kappa shape index (κ1) is 14.4. The average Bonchev–Trinajstić information content (AvgIpc) is 2.78. The van der Waals surface area contributed by atoms with Gasteiger partial charge in [0.25, 0.3) is 0 Å². The van der Waals surface area contributed by atoms with E-state index in [-0.39, 0.29) is 11.6 Å². The molecule has 0 saturated carbocycles. The number of benzene rings is 1. The number of nitrogen functional groups attached to an aromatic ring is 1. The topological polar surface area (TPSA) is 94.0 Å². The second-order valence-electron chi connectivity index (χ2n) is 4.60. The zero-order chi connectivity index (χ0) is 14.7. The third-order valence-electron chi connectivity index (χ3n) is 2.78. The number of thioether (sulfide) groups is 1. The van der Waals surface area contributed by atoms with Crippen LogP contribution in [0.4, 0.5) is 5.95 Å². The van der Waals surface area contributed by atoms with Crippen LogP contribution in [-0.4, -0.2) is 25.8 Å². The van der Waals surface area contributed by atoms with E-state index in [1.54, 1.807) is 24.3 Å². The van der Waals surface area contributed by atoms with Crippen molar-refractivity contribution < 1.29 is 9.90 Å². The van der Waals surface area contributed by atoms with E-state index in [4.69, 9.17) is 10.8 Å². The van der Waals surface area contributed by atoms with E-state index in [1.165, 1.54) is 11.8 Å². The van der Waals surface area contributed by atoms with Crippen LogP contribution < -0.4 is 5.73 Å². The number of anilines is 1. The molecule has 1 aromatic heterocycles. The van der Waals surface area contributed by atoms with Crippen molar-refractivity contribution in [3.63, 3.8) is 0 Å². The lowest BCUT2D eigenvalue weighted by atomic mass is 10.1. The first-order valence-corrected chi connectivity index (χ1v) is 7.13. The lowest BCUT2D eigenvalue weighted by molar-refractivity contribution is 0.0697. The van der Waals surface area contributed by atoms with Gasteiger partial charge in [0.05, 0.1) is 5.56 Å². The van der Waals surface area contributed by atoms with Gasteiger partial charge in [-0.3, -0.25) is 4.57 Å². The number of aromatic nitrogens is 3. The largest absolute Gasteiger partial charge is 0.478 e. The van der Waals surface area contributed by atoms with Gasteiger partial charge in [0.15, 0.2) is 5.16 Å². The summed E-state index contributed by atoms with van der Waals surface area (Å²) in [5, 5.41) is 17.5. The summed E-state index contributed by atoms with van der Waals surface area (Å²) in [6.07, 6.45) is 0. The van der Waals surface area contributed by atoms with Crippen molar-refractivity contribution in [2.24, 2.45) is 0 Å². The molecule has 0 radical (unpaired) electrons. The van der Waals surface area contributed by atoms with Gasteiger partial charge in [-0.2, -0.15) is 0 Å². The van der Waals surface area contributed by atoms with Gasteiger partial charge in [-0.15, -0.1) is 10.2 Å². The van der Waals surface area contributed by atoms with Gasteiger partial charge in [-0.05, 0) is 31.5 Å². The maximum Gasteiger partial charge on any atom is 0.335 e. The quantitative estimate of drug-likeness (QED) is 0.822. The lowest BCUT2D eigenvalue weighted by Crippen LogP contribution is -2.07. The summed E-state index contributed by atoms with van der Waals surface area (Å²) in [5.41, 5.74) is 7.09. The zero-order valence-corrected chi connectivity index (χ0v) is 12.1. The Labute approximate surface area is 121 Å². The maximum absolute atomic E-state index is 10.8. The molecule has 0 amide bonds. The summed E-state index contributed by atoms with van der Waals surface area (Å²) >= 11 is 1.53. The summed E-state index contributed by atoms with van der Waals surface area (Å²) in [6, 6.07) is 6.99. The Bertz CT molecular complexity index is 607. The lowest BCUT2D eigenvalue weighted by Gasteiger charge is -2.11. The number of carboxylic acids is 1. The van der Waals surface area contributed by atoms with E-state index in [1.807, 2.05) is 18.4 Å². The van der Waals surface area contributed by atoms with Gasteiger partial charge in [0, 0.05) is 11.8 Å². The Morgan fingerprint density at radius 3 is 2.55 bits per heavy atom. The number of carbonyl (C=O) groups is 1. The van der Waals surface area contributed by atoms with Gasteiger partial charge >= 0.3 is 5.97 Å². The normalized spacial score (nSPS) is 10.9. The Hall–Kier alpha value is -2.02. The van der Waals surface area contributed by atoms with Crippen LogP contribution in [0, 0.1) is 0 Å². The minimum atomic E-state index is -0.920. The molecule has 20 heavy (non-hydrogen) atoms. The number of carboxylic acid groups (broad SMARTS) is 1. The fourth-order valence-electron chi connectivity index (χ4n) is 1.76. The molecule has 0 spiro atoms. The fourth-order valence-corrected chi connectivity index (χ4v) is 2.79. The maximum atomic E-state index is 10.8. The highest BCUT2D eigenvalue weighted by atomic mass is 32.2. The predicted octanol–water partition coefficient (Wildman–Crippen LogP) is 2.43. The van der Waals surface area contributed by atoms with Crippen molar-refractivity contribution in [2.45, 2.75) is 30.8 Å². The fraction of sp³-hybridized carbons (Fsp3) is 0.308. The molecule has 0 fully saturated rings. The standard InChI is InChI=1S/C13H16N4O2S/c1-8(2)17-12(14)15-16-13(17)20-7-9-3-5-10(6-4-9)11(18)19/h3-6,8H,7H2,1-2H3,(H2,14,15)(H,18,19). The van der Waals surface area contributed by atoms with Crippen molar-refractivity contribution >= 4 is 23.7 Å². The molecule has 0 bridgehead atoms. The highest BCUT2D eigenvalue weighted by molar-refractivity contribution is 7.98. The van der Waals surface area contributed by atoms with E-state index >= 15 is 0 Å². The van der Waals surface area contributed by atoms with Crippen LogP contribution in [0.25, 0.3) is 0 Å². The molecule has 1 heterocycles. The van der Waals surface area contributed by atoms with Crippen LogP contribution >= 0.6 is 11.8 Å². The van der Waals surface area contributed by atoms with E-state index in [9.17, 15) is 4.79 Å². The summed E-state index contributed by atoms with van der Waals surface area (Å²) in [4.78, 5) is 10.8. The van der Waals surface area contributed by atoms with Crippen molar-refractivity contribution in [1.82, 2.24) is 14.8 Å². The van der Waals surface area contributed by atoms with Gasteiger partial charge in [-0.1, -0.05) is 23.9 Å². The van der Waals surface area contributed by atoms with Crippen LogP contribution in [0.3, 0.4) is 0 Å². The predicted molar refractivity (Wildman–Crippen MR) is 77.8 cm³/mol. The van der Waals surface area contributed by atoms with Crippen LogP contribution in [-0.2, 0) is 5.75 Å². The molecule has 2 aromatic rings. The number of nitrogens with zero attached hydrogens (tertiary/aromatic N) is 3. The Morgan fingerprint density at radius 1 is 1.35 bits per heavy atom. The van der Waals surface area contributed by atoms with Crippen LogP contribution in [0.1, 0.15) is 35.8 Å². The van der Waals surface area contributed by atoms with E-state index in [2.05, 4.69) is 10.2 Å². The molecule has 0 saturated heterocycles. The average molecular weight is 292 g/mol. The van der Waals surface area contributed by atoms with Crippen molar-refractivity contribution in [3.8, 4) is 0 Å². The molecule has 0 aliphatic carbocycles. The third-order valence-corrected chi connectivity index (χ3v) is 3.79. The molecule has 0 unspecified atom stereocenters. The number of aromatic carboxylic acids is 1. The number of nitrogens with two attached hydrogens (primary N) is 1. The molecule has 1 aromatic carbocycles. The van der Waals surface area contributed by atoms with E-state index in [0.717, 1.165) is 10.7 Å². The van der Waals surface area contributed by atoms with Gasteiger partial charge in [0.2, 0.25) is 5.95 Å². The van der Waals surface area contributed by atoms with Gasteiger partial charge in [-0.25, -0.2) is 4.79 Å². The number of rotatable bonds is 5. The smallest absolute Gasteiger partial charge is 0.335 e. The second kappa shape index (κ2) is 5.96.